The number of aromatic nitrogens is 1. The number of fused-ring (bicyclic) bond motifs is 1. The van der Waals surface area contributed by atoms with Gasteiger partial charge in [0.1, 0.15) is 11.3 Å². The maximum absolute atomic E-state index is 14.1. The van der Waals surface area contributed by atoms with Crippen LogP contribution < -0.4 is 0 Å². The second kappa shape index (κ2) is 5.37. The summed E-state index contributed by atoms with van der Waals surface area (Å²) < 4.78 is 19.7. The molecule has 0 aliphatic heterocycles. The van der Waals surface area contributed by atoms with E-state index in [0.717, 1.165) is 11.1 Å². The Morgan fingerprint density at radius 2 is 2.00 bits per heavy atom. The van der Waals surface area contributed by atoms with Gasteiger partial charge in [0.05, 0.1) is 4.83 Å². The Hall–Kier alpha value is -1.68. The third kappa shape index (κ3) is 2.48. The Morgan fingerprint density at radius 1 is 1.20 bits per heavy atom. The molecule has 1 aromatic heterocycles. The van der Waals surface area contributed by atoms with Gasteiger partial charge in [-0.05, 0) is 24.6 Å². The molecule has 0 radical (unpaired) electrons. The molecule has 0 spiro atoms. The summed E-state index contributed by atoms with van der Waals surface area (Å²) >= 11 is 3.52. The van der Waals surface area contributed by atoms with Crippen LogP contribution in [0.25, 0.3) is 11.1 Å². The van der Waals surface area contributed by atoms with Gasteiger partial charge >= 0.3 is 0 Å². The summed E-state index contributed by atoms with van der Waals surface area (Å²) in [5, 5.41) is 0. The number of oxazole rings is 1. The monoisotopic (exact) mass is 333 g/mol. The lowest BCUT2D eigenvalue weighted by molar-refractivity contribution is 0.522. The van der Waals surface area contributed by atoms with E-state index in [1.165, 1.54) is 0 Å². The Kier molecular flexibility index (Phi) is 3.57. The fourth-order valence-electron chi connectivity index (χ4n) is 2.18. The first-order chi connectivity index (χ1) is 9.65. The van der Waals surface area contributed by atoms with Crippen molar-refractivity contribution in [1.29, 1.82) is 0 Å². The van der Waals surface area contributed by atoms with Crippen LogP contribution in [0.4, 0.5) is 4.39 Å². The Balaban J connectivity index is 1.88. The van der Waals surface area contributed by atoms with E-state index in [4.69, 9.17) is 4.42 Å². The first-order valence-corrected chi connectivity index (χ1v) is 7.30. The minimum Gasteiger partial charge on any atom is -0.441 e. The van der Waals surface area contributed by atoms with E-state index in [0.29, 0.717) is 23.4 Å². The van der Waals surface area contributed by atoms with E-state index < -0.39 is 0 Å². The van der Waals surface area contributed by atoms with Crippen molar-refractivity contribution >= 4 is 27.0 Å². The van der Waals surface area contributed by atoms with Gasteiger partial charge in [0.25, 0.3) is 0 Å². The number of para-hydroxylation sites is 2. The van der Waals surface area contributed by atoms with Crippen LogP contribution >= 0.6 is 15.9 Å². The third-order valence-electron chi connectivity index (χ3n) is 3.25. The van der Waals surface area contributed by atoms with Crippen LogP contribution in [-0.4, -0.2) is 4.98 Å². The number of hydrogen-bond acceptors (Lipinski definition) is 2. The maximum Gasteiger partial charge on any atom is 0.196 e. The number of benzene rings is 2. The predicted molar refractivity (Wildman–Crippen MR) is 80.5 cm³/mol. The van der Waals surface area contributed by atoms with Crippen molar-refractivity contribution in [3.63, 3.8) is 0 Å². The quantitative estimate of drug-likeness (QED) is 0.633. The molecule has 0 fully saturated rings. The highest BCUT2D eigenvalue weighted by Gasteiger charge is 2.17. The number of nitrogens with zero attached hydrogens (tertiary/aromatic N) is 1. The molecule has 0 aliphatic rings. The van der Waals surface area contributed by atoms with E-state index in [1.54, 1.807) is 19.1 Å². The number of hydrogen-bond donors (Lipinski definition) is 0. The number of halogens is 2. The van der Waals surface area contributed by atoms with Crippen LogP contribution in [0, 0.1) is 12.7 Å². The van der Waals surface area contributed by atoms with Crippen molar-refractivity contribution in [3.05, 3.63) is 65.3 Å². The van der Waals surface area contributed by atoms with E-state index >= 15 is 0 Å². The van der Waals surface area contributed by atoms with Gasteiger partial charge in [0.2, 0.25) is 0 Å². The summed E-state index contributed by atoms with van der Waals surface area (Å²) in [6.45, 7) is 1.76. The molecule has 4 heteroatoms. The highest BCUT2D eigenvalue weighted by Crippen LogP contribution is 2.30. The molecule has 0 aliphatic carbocycles. The summed E-state index contributed by atoms with van der Waals surface area (Å²) in [5.41, 5.74) is 2.86. The molecule has 3 rings (SSSR count). The zero-order valence-corrected chi connectivity index (χ0v) is 12.5. The molecule has 102 valence electrons. The lowest BCUT2D eigenvalue weighted by Gasteiger charge is -2.10. The van der Waals surface area contributed by atoms with Gasteiger partial charge in [-0.3, -0.25) is 0 Å². The lowest BCUT2D eigenvalue weighted by Crippen LogP contribution is -2.00. The van der Waals surface area contributed by atoms with Crippen LogP contribution in [0.15, 0.2) is 46.9 Å². The van der Waals surface area contributed by atoms with E-state index in [-0.39, 0.29) is 10.6 Å². The Bertz CT molecular complexity index is 720. The topological polar surface area (TPSA) is 26.0 Å². The third-order valence-corrected chi connectivity index (χ3v) is 4.07. The van der Waals surface area contributed by atoms with E-state index in [1.807, 2.05) is 30.3 Å². The minimum atomic E-state index is -0.175. The Morgan fingerprint density at radius 3 is 2.80 bits per heavy atom. The van der Waals surface area contributed by atoms with Crippen molar-refractivity contribution in [2.24, 2.45) is 0 Å². The number of alkyl halides is 1. The highest BCUT2D eigenvalue weighted by molar-refractivity contribution is 9.09. The maximum atomic E-state index is 14.1. The molecule has 20 heavy (non-hydrogen) atoms. The van der Waals surface area contributed by atoms with Crippen molar-refractivity contribution < 1.29 is 8.81 Å². The van der Waals surface area contributed by atoms with Crippen molar-refractivity contribution in [3.8, 4) is 0 Å². The second-order valence-corrected chi connectivity index (χ2v) is 5.83. The van der Waals surface area contributed by atoms with Gasteiger partial charge in [-0.2, -0.15) is 0 Å². The number of aryl methyl sites for hydroxylation is 1. The van der Waals surface area contributed by atoms with Crippen LogP contribution in [0.3, 0.4) is 0 Å². The molecule has 2 aromatic carbocycles. The minimum absolute atomic E-state index is 0.157. The highest BCUT2D eigenvalue weighted by atomic mass is 79.9. The zero-order chi connectivity index (χ0) is 14.1. The van der Waals surface area contributed by atoms with Crippen LogP contribution in [-0.2, 0) is 6.42 Å². The average Bonchev–Trinajstić information content (AvgIpc) is 2.83. The SMILES string of the molecule is Cc1cccc(C(Br)Cc2nc3ccccc3o2)c1F. The molecular formula is C16H13BrFNO. The summed E-state index contributed by atoms with van der Waals surface area (Å²) in [6.07, 6.45) is 0.509. The molecule has 1 heterocycles. The molecule has 0 saturated carbocycles. The summed E-state index contributed by atoms with van der Waals surface area (Å²) in [6, 6.07) is 13.0. The first kappa shape index (κ1) is 13.3. The van der Waals surface area contributed by atoms with E-state index in [2.05, 4.69) is 20.9 Å². The van der Waals surface area contributed by atoms with Crippen LogP contribution in [0.5, 0.6) is 0 Å². The summed E-state index contributed by atoms with van der Waals surface area (Å²) in [5.74, 6) is 0.430. The van der Waals surface area contributed by atoms with Crippen molar-refractivity contribution in [2.45, 2.75) is 18.2 Å². The molecule has 1 atom stereocenters. The molecule has 0 bridgehead atoms. The van der Waals surface area contributed by atoms with Gasteiger partial charge in [0.15, 0.2) is 11.5 Å². The van der Waals surface area contributed by atoms with Gasteiger partial charge < -0.3 is 4.42 Å². The van der Waals surface area contributed by atoms with Crippen LogP contribution in [0.2, 0.25) is 0 Å². The summed E-state index contributed by atoms with van der Waals surface area (Å²) in [4.78, 5) is 4.25. The standard InChI is InChI=1S/C16H13BrFNO/c1-10-5-4-6-11(16(10)18)12(17)9-15-19-13-7-2-3-8-14(13)20-15/h2-8,12H,9H2,1H3. The molecule has 0 saturated heterocycles. The molecule has 3 aromatic rings. The van der Waals surface area contributed by atoms with Gasteiger partial charge in [-0.1, -0.05) is 46.3 Å². The molecule has 0 amide bonds. The fraction of sp³-hybridized carbons (Fsp3) is 0.188. The molecule has 2 nitrogen and oxygen atoms in total. The van der Waals surface area contributed by atoms with E-state index in [9.17, 15) is 4.39 Å². The van der Waals surface area contributed by atoms with Gasteiger partial charge in [-0.25, -0.2) is 9.37 Å². The largest absolute Gasteiger partial charge is 0.441 e. The molecule has 1 unspecified atom stereocenters. The fourth-order valence-corrected chi connectivity index (χ4v) is 2.81. The lowest BCUT2D eigenvalue weighted by atomic mass is 10.1. The molecular weight excluding hydrogens is 321 g/mol. The second-order valence-electron chi connectivity index (χ2n) is 4.73. The van der Waals surface area contributed by atoms with Gasteiger partial charge in [0, 0.05) is 12.0 Å². The van der Waals surface area contributed by atoms with Gasteiger partial charge in [-0.15, -0.1) is 0 Å². The normalized spacial score (nSPS) is 12.8. The smallest absolute Gasteiger partial charge is 0.196 e. The number of rotatable bonds is 3. The Labute approximate surface area is 124 Å². The zero-order valence-electron chi connectivity index (χ0n) is 10.9. The van der Waals surface area contributed by atoms with Crippen molar-refractivity contribution in [2.75, 3.05) is 0 Å². The first-order valence-electron chi connectivity index (χ1n) is 6.38. The predicted octanol–water partition coefficient (Wildman–Crippen LogP) is 4.95. The van der Waals surface area contributed by atoms with Crippen LogP contribution in [0.1, 0.15) is 21.8 Å². The average molecular weight is 334 g/mol. The summed E-state index contributed by atoms with van der Waals surface area (Å²) in [7, 11) is 0. The van der Waals surface area contributed by atoms with Crippen molar-refractivity contribution in [1.82, 2.24) is 4.98 Å². The molecule has 0 N–H and O–H groups in total.